The number of halogens is 1. The normalized spacial score (nSPS) is 17.7. The summed E-state index contributed by atoms with van der Waals surface area (Å²) in [5, 5.41) is 1.33. The van der Waals surface area contributed by atoms with Crippen LogP contribution in [0.2, 0.25) is 5.02 Å². The van der Waals surface area contributed by atoms with Crippen molar-refractivity contribution in [1.29, 1.82) is 0 Å². The molecule has 2 aliphatic rings. The van der Waals surface area contributed by atoms with Crippen LogP contribution in [0.3, 0.4) is 0 Å². The number of carbonyl (C=O) groups excluding carboxylic acids is 1. The van der Waals surface area contributed by atoms with Crippen molar-refractivity contribution in [3.05, 3.63) is 50.9 Å². The van der Waals surface area contributed by atoms with E-state index in [9.17, 15) is 9.59 Å². The number of amides is 1. The fourth-order valence-electron chi connectivity index (χ4n) is 3.46. The summed E-state index contributed by atoms with van der Waals surface area (Å²) in [7, 11) is 0. The first-order chi connectivity index (χ1) is 11.4. The van der Waals surface area contributed by atoms with Crippen LogP contribution < -0.4 is 10.5 Å². The lowest BCUT2D eigenvalue weighted by atomic mass is 9.87. The zero-order valence-electron chi connectivity index (χ0n) is 13.4. The Kier molecular flexibility index (Phi) is 3.51. The monoisotopic (exact) mass is 361 g/mol. The van der Waals surface area contributed by atoms with E-state index in [1.54, 1.807) is 9.47 Å². The van der Waals surface area contributed by atoms with Crippen LogP contribution in [0.15, 0.2) is 34.3 Å². The third-order valence-electron chi connectivity index (χ3n) is 4.54. The lowest BCUT2D eigenvalue weighted by Crippen LogP contribution is -2.38. The molecule has 2 aliphatic heterocycles. The van der Waals surface area contributed by atoms with Gasteiger partial charge in [-0.1, -0.05) is 43.3 Å². The van der Waals surface area contributed by atoms with E-state index in [0.29, 0.717) is 23.3 Å². The summed E-state index contributed by atoms with van der Waals surface area (Å²) in [5.41, 5.74) is 1.31. The average Bonchev–Trinajstić information content (AvgIpc) is 3.11. The Morgan fingerprint density at radius 1 is 1.38 bits per heavy atom. The fraction of sp³-hybridized carbons (Fsp3) is 0.353. The molecule has 0 unspecified atom stereocenters. The van der Waals surface area contributed by atoms with Gasteiger partial charge in [-0.25, -0.2) is 4.98 Å². The van der Waals surface area contributed by atoms with E-state index in [0.717, 1.165) is 17.0 Å². The van der Waals surface area contributed by atoms with Gasteiger partial charge >= 0.3 is 0 Å². The molecule has 3 heterocycles. The summed E-state index contributed by atoms with van der Waals surface area (Å²) < 4.78 is 1.58. The van der Waals surface area contributed by atoms with Crippen LogP contribution in [-0.4, -0.2) is 27.8 Å². The van der Waals surface area contributed by atoms with Crippen molar-refractivity contribution < 1.29 is 4.79 Å². The maximum Gasteiger partial charge on any atom is 0.267 e. The molecule has 24 heavy (non-hydrogen) atoms. The smallest absolute Gasteiger partial charge is 0.267 e. The van der Waals surface area contributed by atoms with Crippen molar-refractivity contribution in [2.75, 3.05) is 17.2 Å². The second-order valence-electron chi connectivity index (χ2n) is 6.67. The van der Waals surface area contributed by atoms with E-state index in [1.807, 2.05) is 18.2 Å². The van der Waals surface area contributed by atoms with E-state index >= 15 is 0 Å². The molecule has 4 rings (SSSR count). The zero-order valence-corrected chi connectivity index (χ0v) is 14.9. The molecule has 0 bridgehead atoms. The third-order valence-corrected chi connectivity index (χ3v) is 5.83. The Morgan fingerprint density at radius 2 is 2.17 bits per heavy atom. The van der Waals surface area contributed by atoms with Crippen LogP contribution >= 0.6 is 23.4 Å². The number of carbonyl (C=O) groups is 1. The topological polar surface area (TPSA) is 55.2 Å². The highest BCUT2D eigenvalue weighted by Gasteiger charge is 2.40. The number of hydrogen-bond acceptors (Lipinski definition) is 4. The standard InChI is InChI=1S/C17H16ClN3O2S/c1-17(2)9-21(12-5-3-4-11(18)13(12)17)15(23)10-8-19-16-20(14(10)22)6-7-24-16/h3-5,8H,6-7,9H2,1-2H3. The number of hydrogen-bond donors (Lipinski definition) is 0. The first-order valence-electron chi connectivity index (χ1n) is 7.73. The minimum atomic E-state index is -0.311. The highest BCUT2D eigenvalue weighted by atomic mass is 35.5. The van der Waals surface area contributed by atoms with Gasteiger partial charge in [-0.3, -0.25) is 14.2 Å². The average molecular weight is 362 g/mol. The maximum absolute atomic E-state index is 13.1. The fourth-order valence-corrected chi connectivity index (χ4v) is 4.80. The van der Waals surface area contributed by atoms with Gasteiger partial charge in [-0.15, -0.1) is 0 Å². The van der Waals surface area contributed by atoms with Crippen LogP contribution in [0.1, 0.15) is 29.8 Å². The Morgan fingerprint density at radius 3 is 2.96 bits per heavy atom. The van der Waals surface area contributed by atoms with Gasteiger partial charge in [0, 0.05) is 46.7 Å². The lowest BCUT2D eigenvalue weighted by molar-refractivity contribution is 0.0983. The van der Waals surface area contributed by atoms with Crippen molar-refractivity contribution in [1.82, 2.24) is 9.55 Å². The van der Waals surface area contributed by atoms with E-state index < -0.39 is 0 Å². The van der Waals surface area contributed by atoms with Gasteiger partial charge in [0.2, 0.25) is 0 Å². The molecule has 0 saturated carbocycles. The molecule has 124 valence electrons. The van der Waals surface area contributed by atoms with E-state index in [2.05, 4.69) is 18.8 Å². The summed E-state index contributed by atoms with van der Waals surface area (Å²) >= 11 is 7.89. The van der Waals surface area contributed by atoms with Gasteiger partial charge in [0.25, 0.3) is 11.5 Å². The predicted molar refractivity (Wildman–Crippen MR) is 95.4 cm³/mol. The highest BCUT2D eigenvalue weighted by Crippen LogP contribution is 2.44. The number of anilines is 1. The van der Waals surface area contributed by atoms with Crippen LogP contribution in [0, 0.1) is 0 Å². The van der Waals surface area contributed by atoms with E-state index in [-0.39, 0.29) is 22.4 Å². The molecular weight excluding hydrogens is 346 g/mol. The van der Waals surface area contributed by atoms with Gasteiger partial charge in [0.1, 0.15) is 5.56 Å². The molecule has 0 atom stereocenters. The first-order valence-corrected chi connectivity index (χ1v) is 9.10. The minimum Gasteiger partial charge on any atom is -0.307 e. The molecule has 0 aliphatic carbocycles. The van der Waals surface area contributed by atoms with Crippen molar-refractivity contribution in [2.45, 2.75) is 31.0 Å². The van der Waals surface area contributed by atoms with Crippen LogP contribution in [-0.2, 0) is 12.0 Å². The second-order valence-corrected chi connectivity index (χ2v) is 8.14. The summed E-state index contributed by atoms with van der Waals surface area (Å²) in [6.45, 7) is 5.19. The van der Waals surface area contributed by atoms with Gasteiger partial charge in [-0.05, 0) is 12.1 Å². The molecule has 0 N–H and O–H groups in total. The molecular formula is C17H16ClN3O2S. The van der Waals surface area contributed by atoms with Crippen molar-refractivity contribution >= 4 is 35.0 Å². The molecule has 1 aromatic carbocycles. The van der Waals surface area contributed by atoms with Gasteiger partial charge in [-0.2, -0.15) is 0 Å². The Bertz CT molecular complexity index is 923. The summed E-state index contributed by atoms with van der Waals surface area (Å²) in [5.74, 6) is 0.503. The molecule has 2 aromatic rings. The van der Waals surface area contributed by atoms with Gasteiger partial charge < -0.3 is 4.90 Å². The molecule has 0 spiro atoms. The number of rotatable bonds is 1. The SMILES string of the molecule is CC1(C)CN(C(=O)c2cnc3n(c2=O)CCS3)c2cccc(Cl)c21. The second kappa shape index (κ2) is 5.36. The first kappa shape index (κ1) is 15.7. The lowest BCUT2D eigenvalue weighted by Gasteiger charge is -2.21. The molecule has 1 amide bonds. The Hall–Kier alpha value is -1.79. The van der Waals surface area contributed by atoms with Gasteiger partial charge in [0.15, 0.2) is 5.16 Å². The number of nitrogens with zero attached hydrogens (tertiary/aromatic N) is 3. The molecule has 0 radical (unpaired) electrons. The summed E-state index contributed by atoms with van der Waals surface area (Å²) in [6.07, 6.45) is 1.41. The summed E-state index contributed by atoms with van der Waals surface area (Å²) in [6, 6.07) is 5.54. The van der Waals surface area contributed by atoms with Crippen molar-refractivity contribution in [3.63, 3.8) is 0 Å². The molecule has 0 saturated heterocycles. The molecule has 1 aromatic heterocycles. The molecule has 0 fully saturated rings. The highest BCUT2D eigenvalue weighted by molar-refractivity contribution is 7.99. The van der Waals surface area contributed by atoms with E-state index in [1.165, 1.54) is 18.0 Å². The van der Waals surface area contributed by atoms with Crippen LogP contribution in [0.5, 0.6) is 0 Å². The van der Waals surface area contributed by atoms with Crippen molar-refractivity contribution in [2.24, 2.45) is 0 Å². The third kappa shape index (κ3) is 2.20. The molecule has 7 heteroatoms. The predicted octanol–water partition coefficient (Wildman–Crippen LogP) is 2.94. The largest absolute Gasteiger partial charge is 0.307 e. The Balaban J connectivity index is 1.81. The number of benzene rings is 1. The van der Waals surface area contributed by atoms with Gasteiger partial charge in [0.05, 0.1) is 0 Å². The van der Waals surface area contributed by atoms with Crippen molar-refractivity contribution in [3.8, 4) is 0 Å². The maximum atomic E-state index is 13.1. The molecule has 5 nitrogen and oxygen atoms in total. The van der Waals surface area contributed by atoms with E-state index in [4.69, 9.17) is 11.6 Å². The quantitative estimate of drug-likeness (QED) is 0.733. The summed E-state index contributed by atoms with van der Waals surface area (Å²) in [4.78, 5) is 31.6. The number of fused-ring (bicyclic) bond motifs is 2. The zero-order chi connectivity index (χ0) is 17.1. The van der Waals surface area contributed by atoms with Crippen LogP contribution in [0.25, 0.3) is 0 Å². The number of thioether (sulfide) groups is 1. The number of aromatic nitrogens is 2. The minimum absolute atomic E-state index is 0.116. The Labute approximate surface area is 148 Å². The van der Waals surface area contributed by atoms with Crippen LogP contribution in [0.4, 0.5) is 5.69 Å².